The number of carbonyl (C=O) groups is 1. The van der Waals surface area contributed by atoms with Crippen LogP contribution in [0.5, 0.6) is 5.75 Å². The first-order valence-electron chi connectivity index (χ1n) is 7.27. The summed E-state index contributed by atoms with van der Waals surface area (Å²) in [5, 5.41) is 17.4. The fraction of sp³-hybridized carbons (Fsp3) is 0.333. The number of amides is 1. The fourth-order valence-electron chi connectivity index (χ4n) is 2.51. The lowest BCUT2D eigenvalue weighted by Crippen LogP contribution is -2.19. The van der Waals surface area contributed by atoms with E-state index in [2.05, 4.69) is 10.4 Å². The molecule has 0 spiro atoms. The molecular formula is C15H16N4O4. The summed E-state index contributed by atoms with van der Waals surface area (Å²) in [5.74, 6) is 0.577. The van der Waals surface area contributed by atoms with Crippen LogP contribution in [-0.2, 0) is 17.8 Å². The standard InChI is InChI=1S/C15H16N4O4/c1-10-8-14(19(21)22)17-18(10)6-7-23-12-3-4-13-11(9-12)2-5-15(20)16-13/h3-4,8-9H,2,5-7H2,1H3,(H,16,20). The summed E-state index contributed by atoms with van der Waals surface area (Å²) >= 11 is 0. The van der Waals surface area contributed by atoms with Gasteiger partial charge in [-0.2, -0.15) is 4.68 Å². The molecular weight excluding hydrogens is 300 g/mol. The number of fused-ring (bicyclic) bond motifs is 1. The molecule has 0 saturated carbocycles. The molecule has 2 aromatic rings. The highest BCUT2D eigenvalue weighted by Gasteiger charge is 2.16. The van der Waals surface area contributed by atoms with Crippen molar-refractivity contribution < 1.29 is 14.5 Å². The predicted octanol–water partition coefficient (Wildman–Crippen LogP) is 2.06. The molecule has 1 N–H and O–H groups in total. The minimum absolute atomic E-state index is 0.0296. The maximum Gasteiger partial charge on any atom is 0.390 e. The van der Waals surface area contributed by atoms with Crippen LogP contribution in [0.2, 0.25) is 0 Å². The lowest BCUT2D eigenvalue weighted by molar-refractivity contribution is -0.389. The van der Waals surface area contributed by atoms with Crippen molar-refractivity contribution >= 4 is 17.4 Å². The third kappa shape index (κ3) is 3.31. The lowest BCUT2D eigenvalue weighted by atomic mass is 10.0. The summed E-state index contributed by atoms with van der Waals surface area (Å²) < 4.78 is 7.24. The zero-order chi connectivity index (χ0) is 16.4. The number of hydrogen-bond donors (Lipinski definition) is 1. The Morgan fingerprint density at radius 3 is 2.96 bits per heavy atom. The minimum Gasteiger partial charge on any atom is -0.492 e. The van der Waals surface area contributed by atoms with Crippen LogP contribution in [0.4, 0.5) is 11.5 Å². The van der Waals surface area contributed by atoms with Gasteiger partial charge in [0.1, 0.15) is 12.4 Å². The molecule has 0 fully saturated rings. The Kier molecular flexibility index (Phi) is 3.96. The van der Waals surface area contributed by atoms with E-state index in [4.69, 9.17) is 4.74 Å². The summed E-state index contributed by atoms with van der Waals surface area (Å²) in [4.78, 5) is 21.5. The second-order valence-electron chi connectivity index (χ2n) is 5.34. The maximum atomic E-state index is 11.3. The van der Waals surface area contributed by atoms with Crippen LogP contribution < -0.4 is 10.1 Å². The predicted molar refractivity (Wildman–Crippen MR) is 82.5 cm³/mol. The van der Waals surface area contributed by atoms with Crippen LogP contribution in [0.1, 0.15) is 17.7 Å². The largest absolute Gasteiger partial charge is 0.492 e. The number of hydrogen-bond acceptors (Lipinski definition) is 5. The second kappa shape index (κ2) is 6.07. The normalized spacial score (nSPS) is 13.3. The monoisotopic (exact) mass is 316 g/mol. The zero-order valence-electron chi connectivity index (χ0n) is 12.6. The van der Waals surface area contributed by atoms with Crippen LogP contribution in [0.25, 0.3) is 0 Å². The zero-order valence-corrected chi connectivity index (χ0v) is 12.6. The van der Waals surface area contributed by atoms with E-state index < -0.39 is 4.92 Å². The van der Waals surface area contributed by atoms with Gasteiger partial charge in [0.05, 0.1) is 23.4 Å². The van der Waals surface area contributed by atoms with Crippen molar-refractivity contribution in [3.05, 3.63) is 45.6 Å². The Morgan fingerprint density at radius 2 is 2.22 bits per heavy atom. The number of nitrogens with one attached hydrogen (secondary N) is 1. The number of rotatable bonds is 5. The molecule has 0 bridgehead atoms. The summed E-state index contributed by atoms with van der Waals surface area (Å²) in [6, 6.07) is 6.96. The van der Waals surface area contributed by atoms with Gasteiger partial charge < -0.3 is 20.2 Å². The second-order valence-corrected chi connectivity index (χ2v) is 5.34. The Balaban J connectivity index is 1.61. The number of benzene rings is 1. The topological polar surface area (TPSA) is 99.3 Å². The number of nitro groups is 1. The number of ether oxygens (including phenoxy) is 1. The summed E-state index contributed by atoms with van der Waals surface area (Å²) in [5.41, 5.74) is 2.59. The van der Waals surface area contributed by atoms with Gasteiger partial charge in [-0.25, -0.2) is 0 Å². The van der Waals surface area contributed by atoms with Crippen molar-refractivity contribution in [3.63, 3.8) is 0 Å². The van der Waals surface area contributed by atoms with Gasteiger partial charge >= 0.3 is 5.82 Å². The first kappa shape index (κ1) is 15.0. The van der Waals surface area contributed by atoms with Crippen molar-refractivity contribution in [2.75, 3.05) is 11.9 Å². The number of carbonyl (C=O) groups excluding carboxylic acids is 1. The van der Waals surface area contributed by atoms with E-state index in [1.165, 1.54) is 6.07 Å². The molecule has 2 heterocycles. The lowest BCUT2D eigenvalue weighted by Gasteiger charge is -2.17. The molecule has 8 nitrogen and oxygen atoms in total. The molecule has 120 valence electrons. The Morgan fingerprint density at radius 1 is 1.39 bits per heavy atom. The molecule has 23 heavy (non-hydrogen) atoms. The van der Waals surface area contributed by atoms with Crippen molar-refractivity contribution in [2.24, 2.45) is 0 Å². The van der Waals surface area contributed by atoms with Crippen molar-refractivity contribution in [1.82, 2.24) is 9.78 Å². The Hall–Kier alpha value is -2.90. The first-order chi connectivity index (χ1) is 11.0. The van der Waals surface area contributed by atoms with E-state index in [1.54, 1.807) is 17.7 Å². The van der Waals surface area contributed by atoms with Gasteiger partial charge in [0.2, 0.25) is 5.91 Å². The SMILES string of the molecule is Cc1cc([N+](=O)[O-])nn1CCOc1ccc2c(c1)CCC(=O)N2. The van der Waals surface area contributed by atoms with E-state index >= 15 is 0 Å². The summed E-state index contributed by atoms with van der Waals surface area (Å²) in [6.45, 7) is 2.54. The summed E-state index contributed by atoms with van der Waals surface area (Å²) in [6.07, 6.45) is 1.18. The van der Waals surface area contributed by atoms with Gasteiger partial charge in [-0.3, -0.25) is 4.79 Å². The molecule has 1 aliphatic heterocycles. The van der Waals surface area contributed by atoms with E-state index in [0.29, 0.717) is 37.4 Å². The van der Waals surface area contributed by atoms with Crippen molar-refractivity contribution in [3.8, 4) is 5.75 Å². The number of aryl methyl sites for hydroxylation is 2. The van der Waals surface area contributed by atoms with Crippen molar-refractivity contribution in [1.29, 1.82) is 0 Å². The molecule has 1 aromatic heterocycles. The highest BCUT2D eigenvalue weighted by Crippen LogP contribution is 2.26. The van der Waals surface area contributed by atoms with Gasteiger partial charge in [0, 0.05) is 12.1 Å². The first-order valence-corrected chi connectivity index (χ1v) is 7.27. The molecule has 8 heteroatoms. The molecule has 0 atom stereocenters. The van der Waals surface area contributed by atoms with Crippen LogP contribution >= 0.6 is 0 Å². The van der Waals surface area contributed by atoms with E-state index in [-0.39, 0.29) is 11.7 Å². The smallest absolute Gasteiger partial charge is 0.390 e. The van der Waals surface area contributed by atoms with E-state index in [1.807, 2.05) is 12.1 Å². The molecule has 0 unspecified atom stereocenters. The number of nitrogens with zero attached hydrogens (tertiary/aromatic N) is 3. The van der Waals surface area contributed by atoms with Crippen LogP contribution in [0.15, 0.2) is 24.3 Å². The van der Waals surface area contributed by atoms with Crippen LogP contribution in [0.3, 0.4) is 0 Å². The summed E-state index contributed by atoms with van der Waals surface area (Å²) in [7, 11) is 0. The molecule has 1 aromatic carbocycles. The molecule has 1 amide bonds. The molecule has 0 aliphatic carbocycles. The van der Waals surface area contributed by atoms with Crippen LogP contribution in [-0.4, -0.2) is 27.2 Å². The molecule has 1 aliphatic rings. The van der Waals surface area contributed by atoms with Gasteiger partial charge in [-0.1, -0.05) is 0 Å². The third-order valence-electron chi connectivity index (χ3n) is 3.70. The minimum atomic E-state index is -0.512. The van der Waals surface area contributed by atoms with Gasteiger partial charge in [0.15, 0.2) is 0 Å². The molecule has 0 radical (unpaired) electrons. The van der Waals surface area contributed by atoms with E-state index in [0.717, 1.165) is 11.3 Å². The third-order valence-corrected chi connectivity index (χ3v) is 3.70. The number of anilines is 1. The fourth-order valence-corrected chi connectivity index (χ4v) is 2.51. The quantitative estimate of drug-likeness (QED) is 0.672. The van der Waals surface area contributed by atoms with E-state index in [9.17, 15) is 14.9 Å². The molecule has 3 rings (SSSR count). The van der Waals surface area contributed by atoms with Gasteiger partial charge in [-0.15, -0.1) is 0 Å². The van der Waals surface area contributed by atoms with Gasteiger partial charge in [0.25, 0.3) is 0 Å². The number of aromatic nitrogens is 2. The highest BCUT2D eigenvalue weighted by atomic mass is 16.6. The van der Waals surface area contributed by atoms with Crippen molar-refractivity contribution in [2.45, 2.75) is 26.3 Å². The van der Waals surface area contributed by atoms with Gasteiger partial charge in [-0.05, 0) is 42.0 Å². The maximum absolute atomic E-state index is 11.3. The Bertz CT molecular complexity index is 769. The Labute approximate surface area is 132 Å². The average molecular weight is 316 g/mol. The highest BCUT2D eigenvalue weighted by molar-refractivity contribution is 5.93. The molecule has 0 saturated heterocycles. The van der Waals surface area contributed by atoms with Crippen LogP contribution in [0, 0.1) is 17.0 Å². The average Bonchev–Trinajstić information content (AvgIpc) is 2.89.